The monoisotopic (exact) mass is 338 g/mol. The fourth-order valence-corrected chi connectivity index (χ4v) is 3.42. The van der Waals surface area contributed by atoms with Gasteiger partial charge in [0, 0.05) is 12.1 Å². The van der Waals surface area contributed by atoms with Crippen molar-refractivity contribution in [2.75, 3.05) is 0 Å². The van der Waals surface area contributed by atoms with Gasteiger partial charge in [-0.3, -0.25) is 4.79 Å². The number of rotatable bonds is 5. The lowest BCUT2D eigenvalue weighted by Crippen LogP contribution is -2.43. The van der Waals surface area contributed by atoms with Crippen LogP contribution >= 0.6 is 0 Å². The van der Waals surface area contributed by atoms with Crippen LogP contribution in [0.2, 0.25) is 0 Å². The SMILES string of the molecule is CC1CCCC(NC(=O)/C=C/c2cn(Cc3ccccc3)nn2)C1C. The van der Waals surface area contributed by atoms with Crippen molar-refractivity contribution >= 4 is 12.0 Å². The normalized spacial score (nSPS) is 23.7. The number of carbonyl (C=O) groups excluding carboxylic acids is 1. The number of aromatic nitrogens is 3. The summed E-state index contributed by atoms with van der Waals surface area (Å²) in [5, 5.41) is 11.4. The van der Waals surface area contributed by atoms with Gasteiger partial charge in [0.05, 0.1) is 12.7 Å². The van der Waals surface area contributed by atoms with E-state index < -0.39 is 0 Å². The zero-order valence-corrected chi connectivity index (χ0v) is 14.9. The lowest BCUT2D eigenvalue weighted by molar-refractivity contribution is -0.117. The molecular formula is C20H26N4O. The minimum atomic E-state index is -0.0523. The van der Waals surface area contributed by atoms with Gasteiger partial charge < -0.3 is 5.32 Å². The van der Waals surface area contributed by atoms with Crippen LogP contribution in [-0.2, 0) is 11.3 Å². The van der Waals surface area contributed by atoms with Crippen LogP contribution in [0.4, 0.5) is 0 Å². The second-order valence-corrected chi connectivity index (χ2v) is 7.04. The van der Waals surface area contributed by atoms with Crippen molar-refractivity contribution in [3.8, 4) is 0 Å². The number of hydrogen-bond acceptors (Lipinski definition) is 3. The van der Waals surface area contributed by atoms with E-state index in [4.69, 9.17) is 0 Å². The second-order valence-electron chi connectivity index (χ2n) is 7.04. The van der Waals surface area contributed by atoms with E-state index in [9.17, 15) is 4.79 Å². The van der Waals surface area contributed by atoms with E-state index in [0.29, 0.717) is 24.1 Å². The van der Waals surface area contributed by atoms with Gasteiger partial charge in [0.1, 0.15) is 5.69 Å². The summed E-state index contributed by atoms with van der Waals surface area (Å²) in [6.45, 7) is 5.17. The molecule has 1 aromatic carbocycles. The van der Waals surface area contributed by atoms with Gasteiger partial charge in [-0.1, -0.05) is 62.2 Å². The maximum atomic E-state index is 12.2. The van der Waals surface area contributed by atoms with Crippen molar-refractivity contribution in [2.24, 2.45) is 11.8 Å². The molecular weight excluding hydrogens is 312 g/mol. The third-order valence-electron chi connectivity index (χ3n) is 5.18. The molecule has 1 aliphatic rings. The Balaban J connectivity index is 1.54. The molecule has 3 atom stereocenters. The quantitative estimate of drug-likeness (QED) is 0.851. The van der Waals surface area contributed by atoms with Crippen molar-refractivity contribution in [3.05, 3.63) is 53.9 Å². The molecule has 1 amide bonds. The second kappa shape index (κ2) is 8.10. The van der Waals surface area contributed by atoms with Crippen molar-refractivity contribution < 1.29 is 4.79 Å². The highest BCUT2D eigenvalue weighted by atomic mass is 16.1. The van der Waals surface area contributed by atoms with Gasteiger partial charge in [0.25, 0.3) is 0 Å². The lowest BCUT2D eigenvalue weighted by atomic mass is 9.78. The Morgan fingerprint density at radius 2 is 2.08 bits per heavy atom. The highest BCUT2D eigenvalue weighted by Gasteiger charge is 2.27. The van der Waals surface area contributed by atoms with Crippen LogP contribution in [0.3, 0.4) is 0 Å². The first-order valence-electron chi connectivity index (χ1n) is 9.04. The van der Waals surface area contributed by atoms with E-state index in [1.165, 1.54) is 18.4 Å². The average molecular weight is 338 g/mol. The Labute approximate surface area is 149 Å². The van der Waals surface area contributed by atoms with Gasteiger partial charge in [-0.25, -0.2) is 4.68 Å². The van der Waals surface area contributed by atoms with Gasteiger partial charge in [-0.2, -0.15) is 0 Å². The molecule has 1 fully saturated rings. The van der Waals surface area contributed by atoms with Gasteiger partial charge in [0.15, 0.2) is 0 Å². The number of benzene rings is 1. The molecule has 1 heterocycles. The Bertz CT molecular complexity index is 722. The molecule has 0 aliphatic heterocycles. The Morgan fingerprint density at radius 3 is 2.88 bits per heavy atom. The van der Waals surface area contributed by atoms with Crippen LogP contribution in [-0.4, -0.2) is 26.9 Å². The molecule has 0 radical (unpaired) electrons. The zero-order valence-electron chi connectivity index (χ0n) is 14.9. The summed E-state index contributed by atoms with van der Waals surface area (Å²) in [7, 11) is 0. The summed E-state index contributed by atoms with van der Waals surface area (Å²) in [5.41, 5.74) is 1.86. The number of nitrogens with zero attached hydrogens (tertiary/aromatic N) is 3. The van der Waals surface area contributed by atoms with Gasteiger partial charge in [-0.05, 0) is 29.9 Å². The van der Waals surface area contributed by atoms with Crippen LogP contribution in [0, 0.1) is 11.8 Å². The summed E-state index contributed by atoms with van der Waals surface area (Å²) in [6.07, 6.45) is 8.64. The Morgan fingerprint density at radius 1 is 1.28 bits per heavy atom. The molecule has 0 saturated heterocycles. The standard InChI is InChI=1S/C20H26N4O/c1-15-7-6-10-19(16(15)2)21-20(25)12-11-18-14-24(23-22-18)13-17-8-4-3-5-9-17/h3-5,8-9,11-12,14-16,19H,6-7,10,13H2,1-2H3,(H,21,25)/b12-11+. The fraction of sp³-hybridized carbons (Fsp3) is 0.450. The molecule has 25 heavy (non-hydrogen) atoms. The van der Waals surface area contributed by atoms with Crippen molar-refractivity contribution in [2.45, 2.75) is 45.7 Å². The molecule has 1 aliphatic carbocycles. The van der Waals surface area contributed by atoms with E-state index in [2.05, 4.69) is 41.6 Å². The first-order chi connectivity index (χ1) is 12.1. The van der Waals surface area contributed by atoms with E-state index in [0.717, 1.165) is 6.42 Å². The molecule has 5 heteroatoms. The molecule has 2 aromatic rings. The summed E-state index contributed by atoms with van der Waals surface area (Å²) in [6, 6.07) is 10.4. The van der Waals surface area contributed by atoms with Crippen LogP contribution in [0.1, 0.15) is 44.4 Å². The van der Waals surface area contributed by atoms with Crippen LogP contribution < -0.4 is 5.32 Å². The Hall–Kier alpha value is -2.43. The van der Waals surface area contributed by atoms with Crippen LogP contribution in [0.15, 0.2) is 42.6 Å². The predicted octanol–water partition coefficient (Wildman–Crippen LogP) is 3.28. The lowest BCUT2D eigenvalue weighted by Gasteiger charge is -2.34. The largest absolute Gasteiger partial charge is 0.350 e. The van der Waals surface area contributed by atoms with E-state index in [1.807, 2.05) is 24.4 Å². The summed E-state index contributed by atoms with van der Waals surface area (Å²) < 4.78 is 1.78. The van der Waals surface area contributed by atoms with Crippen molar-refractivity contribution in [1.82, 2.24) is 20.3 Å². The smallest absolute Gasteiger partial charge is 0.244 e. The summed E-state index contributed by atoms with van der Waals surface area (Å²) in [5.74, 6) is 1.14. The predicted molar refractivity (Wildman–Crippen MR) is 98.7 cm³/mol. The van der Waals surface area contributed by atoms with E-state index in [1.54, 1.807) is 16.8 Å². The number of nitrogens with one attached hydrogen (secondary N) is 1. The minimum Gasteiger partial charge on any atom is -0.350 e. The number of hydrogen-bond donors (Lipinski definition) is 1. The summed E-state index contributed by atoms with van der Waals surface area (Å²) in [4.78, 5) is 12.2. The molecule has 0 spiro atoms. The van der Waals surface area contributed by atoms with Crippen LogP contribution in [0.5, 0.6) is 0 Å². The first-order valence-corrected chi connectivity index (χ1v) is 9.04. The van der Waals surface area contributed by atoms with Crippen molar-refractivity contribution in [3.63, 3.8) is 0 Å². The highest BCUT2D eigenvalue weighted by molar-refractivity contribution is 5.91. The van der Waals surface area contributed by atoms with Gasteiger partial charge >= 0.3 is 0 Å². The molecule has 5 nitrogen and oxygen atoms in total. The number of amides is 1. The fourth-order valence-electron chi connectivity index (χ4n) is 3.42. The molecule has 0 bridgehead atoms. The molecule has 132 valence electrons. The maximum absolute atomic E-state index is 12.2. The molecule has 3 unspecified atom stereocenters. The first kappa shape index (κ1) is 17.4. The zero-order chi connectivity index (χ0) is 17.6. The van der Waals surface area contributed by atoms with E-state index in [-0.39, 0.29) is 11.9 Å². The van der Waals surface area contributed by atoms with Crippen molar-refractivity contribution in [1.29, 1.82) is 0 Å². The third-order valence-corrected chi connectivity index (χ3v) is 5.18. The third kappa shape index (κ3) is 4.78. The molecule has 1 aromatic heterocycles. The van der Waals surface area contributed by atoms with Gasteiger partial charge in [0.2, 0.25) is 5.91 Å². The molecule has 1 saturated carbocycles. The molecule has 1 N–H and O–H groups in total. The van der Waals surface area contributed by atoms with Gasteiger partial charge in [-0.15, -0.1) is 5.10 Å². The molecule has 3 rings (SSSR count). The van der Waals surface area contributed by atoms with Crippen LogP contribution in [0.25, 0.3) is 6.08 Å². The highest BCUT2D eigenvalue weighted by Crippen LogP contribution is 2.29. The summed E-state index contributed by atoms with van der Waals surface area (Å²) >= 11 is 0. The maximum Gasteiger partial charge on any atom is 0.244 e. The minimum absolute atomic E-state index is 0.0523. The number of carbonyl (C=O) groups is 1. The topological polar surface area (TPSA) is 59.8 Å². The Kier molecular flexibility index (Phi) is 5.64. The average Bonchev–Trinajstić information content (AvgIpc) is 3.05. The van der Waals surface area contributed by atoms with E-state index >= 15 is 0 Å².